The first-order chi connectivity index (χ1) is 22.0. The van der Waals surface area contributed by atoms with E-state index in [0.29, 0.717) is 26.2 Å². The van der Waals surface area contributed by atoms with Crippen molar-refractivity contribution in [2.75, 3.05) is 10.2 Å². The molecule has 7 nitrogen and oxygen atoms in total. The number of thioether (sulfide) groups is 1. The lowest BCUT2D eigenvalue weighted by Gasteiger charge is -2.30. The van der Waals surface area contributed by atoms with Gasteiger partial charge in [0.15, 0.2) is 0 Å². The van der Waals surface area contributed by atoms with Gasteiger partial charge in [0.2, 0.25) is 17.7 Å². The fraction of sp³-hybridized carbons (Fsp3) is 0.152. The maximum atomic E-state index is 14.0. The van der Waals surface area contributed by atoms with Crippen LogP contribution < -0.4 is 15.1 Å². The van der Waals surface area contributed by atoms with Gasteiger partial charge in [-0.2, -0.15) is 13.2 Å². The number of carbonyl (C=O) groups excluding carboxylic acids is 3. The van der Waals surface area contributed by atoms with E-state index in [1.807, 2.05) is 36.4 Å². The second kappa shape index (κ2) is 11.4. The number of amides is 3. The van der Waals surface area contributed by atoms with Crippen molar-refractivity contribution in [3.8, 4) is 0 Å². The number of halogens is 4. The average Bonchev–Trinajstić information content (AvgIpc) is 3.47. The van der Waals surface area contributed by atoms with Crippen molar-refractivity contribution in [2.45, 2.75) is 28.9 Å². The Kier molecular flexibility index (Phi) is 7.53. The number of alkyl halides is 3. The first kappa shape index (κ1) is 30.3. The lowest BCUT2D eigenvalue weighted by Crippen LogP contribution is -2.33. The minimum absolute atomic E-state index is 0.190. The summed E-state index contributed by atoms with van der Waals surface area (Å²) in [5.41, 5.74) is -0.0145. The topological polar surface area (TPSA) is 88.5 Å². The van der Waals surface area contributed by atoms with Crippen LogP contribution in [0.1, 0.15) is 21.9 Å². The normalized spacial score (nSPS) is 19.3. The van der Waals surface area contributed by atoms with E-state index in [1.165, 1.54) is 10.6 Å². The maximum Gasteiger partial charge on any atom is 0.416 e. The Morgan fingerprint density at radius 3 is 2.37 bits per heavy atom. The zero-order chi connectivity index (χ0) is 32.3. The van der Waals surface area contributed by atoms with Crippen molar-refractivity contribution in [1.29, 1.82) is 0 Å². The van der Waals surface area contributed by atoms with E-state index in [1.54, 1.807) is 30.3 Å². The Labute approximate surface area is 272 Å². The lowest BCUT2D eigenvalue weighted by atomic mass is 9.83. The molecule has 3 amide bonds. The summed E-state index contributed by atoms with van der Waals surface area (Å²) in [6.07, 6.45) is -4.68. The summed E-state index contributed by atoms with van der Waals surface area (Å²) in [7, 11) is 0. The summed E-state index contributed by atoms with van der Waals surface area (Å²) < 4.78 is 41.9. The van der Waals surface area contributed by atoms with E-state index in [4.69, 9.17) is 11.6 Å². The molecule has 0 bridgehead atoms. The van der Waals surface area contributed by atoms with Crippen LogP contribution in [0.4, 0.5) is 24.5 Å². The standard InChI is InChI=1S/C33H21ClF3N3O4S2/c34-20-13-11-18(12-14-20)25-26-27(30(43)40(29(26)42)21-8-4-7-19(15-21)33(35,36)37)45-31-28(25)46-32(44)39(31)16-24(41)38-23-10-3-6-17-5-1-2-9-22(17)23/h1-15,25-27H,16H2,(H,38,41)/t25-,26-,27+/m0/s1. The highest BCUT2D eigenvalue weighted by molar-refractivity contribution is 8.00. The van der Waals surface area contributed by atoms with E-state index >= 15 is 0 Å². The van der Waals surface area contributed by atoms with Crippen molar-refractivity contribution in [1.82, 2.24) is 4.57 Å². The highest BCUT2D eigenvalue weighted by atomic mass is 35.5. The van der Waals surface area contributed by atoms with Gasteiger partial charge in [-0.05, 0) is 47.3 Å². The third kappa shape index (κ3) is 5.20. The Bertz CT molecular complexity index is 2110. The van der Waals surface area contributed by atoms with Gasteiger partial charge in [0.05, 0.1) is 22.2 Å². The van der Waals surface area contributed by atoms with Gasteiger partial charge in [-0.1, -0.05) is 89.3 Å². The Morgan fingerprint density at radius 1 is 0.891 bits per heavy atom. The van der Waals surface area contributed by atoms with Gasteiger partial charge in [0.1, 0.15) is 11.8 Å². The Balaban J connectivity index is 1.28. The molecule has 4 aromatic carbocycles. The molecule has 0 saturated carbocycles. The molecular formula is C33H21ClF3N3O4S2. The zero-order valence-corrected chi connectivity index (χ0v) is 25.8. The van der Waals surface area contributed by atoms with Crippen LogP contribution in [0.2, 0.25) is 5.02 Å². The lowest BCUT2D eigenvalue weighted by molar-refractivity contribution is -0.137. The van der Waals surface area contributed by atoms with E-state index < -0.39 is 51.4 Å². The highest BCUT2D eigenvalue weighted by Crippen LogP contribution is 2.54. The van der Waals surface area contributed by atoms with Crippen LogP contribution in [-0.4, -0.2) is 27.5 Å². The minimum Gasteiger partial charge on any atom is -0.324 e. The molecular weight excluding hydrogens is 659 g/mol. The van der Waals surface area contributed by atoms with Crippen molar-refractivity contribution in [2.24, 2.45) is 5.92 Å². The van der Waals surface area contributed by atoms with Crippen LogP contribution in [0.3, 0.4) is 0 Å². The fourth-order valence-corrected chi connectivity index (χ4v) is 8.93. The fourth-order valence-electron chi connectivity index (χ4n) is 6.03. The van der Waals surface area contributed by atoms with Gasteiger partial charge < -0.3 is 5.32 Å². The van der Waals surface area contributed by atoms with Crippen molar-refractivity contribution < 1.29 is 27.6 Å². The second-order valence-electron chi connectivity index (χ2n) is 10.9. The maximum absolute atomic E-state index is 14.0. The summed E-state index contributed by atoms with van der Waals surface area (Å²) in [5.74, 6) is -3.64. The summed E-state index contributed by atoms with van der Waals surface area (Å²) in [6, 6.07) is 23.7. The average molecular weight is 680 g/mol. The SMILES string of the molecule is O=C(Cn1c2c(sc1=O)[C@@H](c1ccc(Cl)cc1)[C@@H]1C(=O)N(c3cccc(C(F)(F)F)c3)C(=O)[C@@H]1S2)Nc1cccc2ccccc12. The molecule has 232 valence electrons. The molecule has 0 unspecified atom stereocenters. The molecule has 5 aromatic rings. The van der Waals surface area contributed by atoms with Gasteiger partial charge in [-0.25, -0.2) is 4.90 Å². The number of imide groups is 1. The first-order valence-corrected chi connectivity index (χ1v) is 16.1. The quantitative estimate of drug-likeness (QED) is 0.199. The molecule has 3 atom stereocenters. The van der Waals surface area contributed by atoms with Gasteiger partial charge >= 0.3 is 11.0 Å². The molecule has 7 rings (SSSR count). The van der Waals surface area contributed by atoms with Crippen LogP contribution in [-0.2, 0) is 27.1 Å². The smallest absolute Gasteiger partial charge is 0.324 e. The van der Waals surface area contributed by atoms with Gasteiger partial charge in [0, 0.05) is 26.9 Å². The minimum atomic E-state index is -4.68. The Morgan fingerprint density at radius 2 is 1.61 bits per heavy atom. The Hall–Kier alpha value is -4.39. The molecule has 46 heavy (non-hydrogen) atoms. The van der Waals surface area contributed by atoms with Gasteiger partial charge in [0.25, 0.3) is 0 Å². The number of rotatable bonds is 5. The number of hydrogen-bond donors (Lipinski definition) is 1. The predicted octanol–water partition coefficient (Wildman–Crippen LogP) is 7.17. The number of aromatic nitrogens is 1. The van der Waals surface area contributed by atoms with Crippen molar-refractivity contribution in [3.05, 3.63) is 122 Å². The van der Waals surface area contributed by atoms with Gasteiger partial charge in [-0.3, -0.25) is 23.7 Å². The van der Waals surface area contributed by atoms with Crippen LogP contribution in [0.25, 0.3) is 10.8 Å². The monoisotopic (exact) mass is 679 g/mol. The molecule has 1 saturated heterocycles. The van der Waals surface area contributed by atoms with E-state index in [9.17, 15) is 32.3 Å². The van der Waals surface area contributed by atoms with E-state index in [0.717, 1.165) is 57.0 Å². The largest absolute Gasteiger partial charge is 0.416 e. The molecule has 1 aromatic heterocycles. The van der Waals surface area contributed by atoms with Crippen LogP contribution >= 0.6 is 34.7 Å². The molecule has 2 aliphatic heterocycles. The summed E-state index contributed by atoms with van der Waals surface area (Å²) in [6.45, 7) is -0.356. The summed E-state index contributed by atoms with van der Waals surface area (Å²) in [4.78, 5) is 55.5. The predicted molar refractivity (Wildman–Crippen MR) is 172 cm³/mol. The number of fused-ring (bicyclic) bond motifs is 3. The summed E-state index contributed by atoms with van der Waals surface area (Å²) in [5, 5.41) is 4.35. The molecule has 0 radical (unpaired) electrons. The van der Waals surface area contributed by atoms with Crippen LogP contribution in [0, 0.1) is 5.92 Å². The zero-order valence-electron chi connectivity index (χ0n) is 23.5. The van der Waals surface area contributed by atoms with Crippen LogP contribution in [0.15, 0.2) is 101 Å². The number of nitrogens with zero attached hydrogens (tertiary/aromatic N) is 2. The van der Waals surface area contributed by atoms with E-state index in [-0.39, 0.29) is 12.2 Å². The van der Waals surface area contributed by atoms with Gasteiger partial charge in [-0.15, -0.1) is 0 Å². The number of carbonyl (C=O) groups is 3. The number of benzene rings is 4. The summed E-state index contributed by atoms with van der Waals surface area (Å²) >= 11 is 7.99. The molecule has 3 heterocycles. The van der Waals surface area contributed by atoms with Crippen molar-refractivity contribution >= 4 is 74.6 Å². The molecule has 13 heteroatoms. The molecule has 2 aliphatic rings. The van der Waals surface area contributed by atoms with Crippen LogP contribution in [0.5, 0.6) is 0 Å². The molecule has 0 aliphatic carbocycles. The third-order valence-electron chi connectivity index (χ3n) is 8.08. The third-order valence-corrected chi connectivity index (χ3v) is 10.9. The number of nitrogens with one attached hydrogen (secondary N) is 1. The number of thiazole rings is 1. The molecule has 1 fully saturated rings. The highest BCUT2D eigenvalue weighted by Gasteiger charge is 2.57. The van der Waals surface area contributed by atoms with E-state index in [2.05, 4.69) is 5.32 Å². The van der Waals surface area contributed by atoms with Crippen molar-refractivity contribution in [3.63, 3.8) is 0 Å². The number of hydrogen-bond acceptors (Lipinski definition) is 6. The first-order valence-electron chi connectivity index (χ1n) is 14.0. The number of anilines is 2. The molecule has 1 N–H and O–H groups in total. The second-order valence-corrected chi connectivity index (χ2v) is 13.4. The molecule has 0 spiro atoms.